The van der Waals surface area contributed by atoms with Crippen LogP contribution in [0.5, 0.6) is 0 Å². The van der Waals surface area contributed by atoms with E-state index in [0.29, 0.717) is 5.92 Å². The van der Waals surface area contributed by atoms with Gasteiger partial charge in [-0.15, -0.1) is 0 Å². The van der Waals surface area contributed by atoms with Crippen LogP contribution in [0.2, 0.25) is 0 Å². The second-order valence-corrected chi connectivity index (χ2v) is 4.79. The topological polar surface area (TPSA) is 0 Å². The van der Waals surface area contributed by atoms with Crippen LogP contribution >= 0.6 is 0 Å². The quantitative estimate of drug-likeness (QED) is 0.699. The number of rotatable bonds is 3. The first-order valence-corrected chi connectivity index (χ1v) is 6.34. The Hall–Kier alpha value is -1.56. The van der Waals surface area contributed by atoms with Gasteiger partial charge in [0.15, 0.2) is 0 Å². The first-order valence-electron chi connectivity index (χ1n) is 6.34. The molecule has 0 aliphatic heterocycles. The van der Waals surface area contributed by atoms with E-state index >= 15 is 0 Å². The molecule has 0 bridgehead atoms. The third-order valence-electron chi connectivity index (χ3n) is 3.30. The van der Waals surface area contributed by atoms with Crippen molar-refractivity contribution >= 4 is 0 Å². The van der Waals surface area contributed by atoms with Crippen LogP contribution in [-0.4, -0.2) is 0 Å². The molecule has 0 radical (unpaired) electrons. The molecule has 2 aromatic rings. The molecule has 0 fully saturated rings. The molecule has 2 aromatic carbocycles. The molecule has 0 spiro atoms. The molecule has 0 unspecified atom stereocenters. The zero-order valence-corrected chi connectivity index (χ0v) is 10.9. The molecular weight excluding hydrogens is 204 g/mol. The van der Waals surface area contributed by atoms with E-state index in [1.807, 2.05) is 0 Å². The van der Waals surface area contributed by atoms with Gasteiger partial charge in [0.2, 0.25) is 0 Å². The fourth-order valence-electron chi connectivity index (χ4n) is 2.44. The molecule has 0 atom stereocenters. The normalized spacial score (nSPS) is 10.8. The van der Waals surface area contributed by atoms with Gasteiger partial charge in [-0.2, -0.15) is 0 Å². The van der Waals surface area contributed by atoms with Crippen molar-refractivity contribution in [2.45, 2.75) is 33.1 Å². The maximum Gasteiger partial charge on any atom is 0.00869 e. The largest absolute Gasteiger partial charge is 0.0645 e. The Labute approximate surface area is 104 Å². The summed E-state index contributed by atoms with van der Waals surface area (Å²) in [5.41, 5.74) is 5.54. The Morgan fingerprint density at radius 2 is 1.29 bits per heavy atom. The van der Waals surface area contributed by atoms with Crippen LogP contribution in [0.1, 0.15) is 41.5 Å². The lowest BCUT2D eigenvalue weighted by molar-refractivity contribution is 0.775. The second-order valence-electron chi connectivity index (χ2n) is 4.79. The molecule has 0 heteroatoms. The van der Waals surface area contributed by atoms with Gasteiger partial charge < -0.3 is 0 Å². The van der Waals surface area contributed by atoms with E-state index in [-0.39, 0.29) is 0 Å². The van der Waals surface area contributed by atoms with Crippen LogP contribution in [0.15, 0.2) is 48.5 Å². The molecule has 0 nitrogen and oxygen atoms in total. The average molecular weight is 224 g/mol. The van der Waals surface area contributed by atoms with Crippen LogP contribution in [0.4, 0.5) is 0 Å². The molecule has 0 aliphatic rings. The van der Waals surface area contributed by atoms with Crippen LogP contribution in [-0.2, 0) is 0 Å². The molecule has 2 rings (SSSR count). The third-order valence-corrected chi connectivity index (χ3v) is 3.30. The molecule has 0 amide bonds. The summed E-state index contributed by atoms with van der Waals surface area (Å²) in [6.07, 6.45) is 1.15. The van der Waals surface area contributed by atoms with E-state index in [1.54, 1.807) is 0 Å². The first-order chi connectivity index (χ1) is 8.20. The lowest BCUT2D eigenvalue weighted by atomic mass is 9.88. The van der Waals surface area contributed by atoms with E-state index < -0.39 is 0 Å². The van der Waals surface area contributed by atoms with Crippen LogP contribution in [0, 0.1) is 13.8 Å². The van der Waals surface area contributed by atoms with Gasteiger partial charge in [0.05, 0.1) is 0 Å². The molecular formula is C17H20. The molecule has 0 saturated carbocycles. The van der Waals surface area contributed by atoms with E-state index in [4.69, 9.17) is 0 Å². The monoisotopic (exact) mass is 224 g/mol. The molecule has 0 aromatic heterocycles. The first kappa shape index (κ1) is 11.9. The van der Waals surface area contributed by atoms with Gasteiger partial charge in [0.1, 0.15) is 0 Å². The summed E-state index contributed by atoms with van der Waals surface area (Å²) in [6.45, 7) is 6.58. The standard InChI is InChI=1S/C17H20/c1-4-17(15-9-5-7-13(2)11-15)16-10-6-8-14(3)12-16/h5-12,17H,4H2,1-3H3. The minimum Gasteiger partial charge on any atom is -0.0645 e. The third kappa shape index (κ3) is 2.76. The average Bonchev–Trinajstić information content (AvgIpc) is 2.30. The number of benzene rings is 2. The van der Waals surface area contributed by atoms with Gasteiger partial charge in [0.25, 0.3) is 0 Å². The van der Waals surface area contributed by atoms with E-state index in [2.05, 4.69) is 69.3 Å². The van der Waals surface area contributed by atoms with Crippen molar-refractivity contribution in [2.24, 2.45) is 0 Å². The summed E-state index contributed by atoms with van der Waals surface area (Å²) in [5, 5.41) is 0. The van der Waals surface area contributed by atoms with E-state index in [1.165, 1.54) is 22.3 Å². The zero-order chi connectivity index (χ0) is 12.3. The van der Waals surface area contributed by atoms with Gasteiger partial charge >= 0.3 is 0 Å². The Kier molecular flexibility index (Phi) is 3.63. The SMILES string of the molecule is CCC(c1cccc(C)c1)c1cccc(C)c1. The van der Waals surface area contributed by atoms with Crippen LogP contribution < -0.4 is 0 Å². The van der Waals surface area contributed by atoms with Crippen molar-refractivity contribution in [1.29, 1.82) is 0 Å². The van der Waals surface area contributed by atoms with Crippen LogP contribution in [0.25, 0.3) is 0 Å². The van der Waals surface area contributed by atoms with Gasteiger partial charge in [-0.1, -0.05) is 66.6 Å². The van der Waals surface area contributed by atoms with Crippen molar-refractivity contribution < 1.29 is 0 Å². The zero-order valence-electron chi connectivity index (χ0n) is 10.9. The highest BCUT2D eigenvalue weighted by Crippen LogP contribution is 2.28. The summed E-state index contributed by atoms with van der Waals surface area (Å²) in [7, 11) is 0. The highest BCUT2D eigenvalue weighted by molar-refractivity contribution is 5.36. The highest BCUT2D eigenvalue weighted by Gasteiger charge is 2.11. The summed E-state index contributed by atoms with van der Waals surface area (Å²) in [5.74, 6) is 0.523. The van der Waals surface area contributed by atoms with Gasteiger partial charge in [0, 0.05) is 5.92 Å². The van der Waals surface area contributed by atoms with Gasteiger partial charge in [-0.25, -0.2) is 0 Å². The molecule has 0 aliphatic carbocycles. The summed E-state index contributed by atoms with van der Waals surface area (Å²) < 4.78 is 0. The Balaban J connectivity index is 2.40. The van der Waals surface area contributed by atoms with Gasteiger partial charge in [-0.3, -0.25) is 0 Å². The molecule has 0 heterocycles. The molecule has 0 saturated heterocycles. The predicted molar refractivity (Wildman–Crippen MR) is 74.5 cm³/mol. The maximum atomic E-state index is 2.30. The Bertz CT molecular complexity index is 451. The van der Waals surface area contributed by atoms with Gasteiger partial charge in [-0.05, 0) is 31.4 Å². The molecule has 88 valence electrons. The van der Waals surface area contributed by atoms with E-state index in [9.17, 15) is 0 Å². The predicted octanol–water partition coefficient (Wildman–Crippen LogP) is 4.85. The lowest BCUT2D eigenvalue weighted by Gasteiger charge is -2.17. The molecule has 17 heavy (non-hydrogen) atoms. The van der Waals surface area contributed by atoms with Crippen LogP contribution in [0.3, 0.4) is 0 Å². The summed E-state index contributed by atoms with van der Waals surface area (Å²) >= 11 is 0. The fourth-order valence-corrected chi connectivity index (χ4v) is 2.44. The fraction of sp³-hybridized carbons (Fsp3) is 0.294. The van der Waals surface area contributed by atoms with Crippen molar-refractivity contribution in [3.8, 4) is 0 Å². The minimum absolute atomic E-state index is 0.523. The second kappa shape index (κ2) is 5.18. The van der Waals surface area contributed by atoms with E-state index in [0.717, 1.165) is 6.42 Å². The Morgan fingerprint density at radius 3 is 1.65 bits per heavy atom. The number of aryl methyl sites for hydroxylation is 2. The Morgan fingerprint density at radius 1 is 0.824 bits per heavy atom. The van der Waals surface area contributed by atoms with Crippen molar-refractivity contribution in [3.05, 3.63) is 70.8 Å². The minimum atomic E-state index is 0.523. The van der Waals surface area contributed by atoms with Crippen molar-refractivity contribution in [1.82, 2.24) is 0 Å². The maximum absolute atomic E-state index is 2.30. The summed E-state index contributed by atoms with van der Waals surface area (Å²) in [6, 6.07) is 17.7. The van der Waals surface area contributed by atoms with Crippen molar-refractivity contribution in [3.63, 3.8) is 0 Å². The summed E-state index contributed by atoms with van der Waals surface area (Å²) in [4.78, 5) is 0. The number of hydrogen-bond acceptors (Lipinski definition) is 0. The van der Waals surface area contributed by atoms with Crippen molar-refractivity contribution in [2.75, 3.05) is 0 Å². The lowest BCUT2D eigenvalue weighted by Crippen LogP contribution is -2.00. The number of hydrogen-bond donors (Lipinski definition) is 0. The highest BCUT2D eigenvalue weighted by atomic mass is 14.2. The smallest absolute Gasteiger partial charge is 0.00869 e. The molecule has 0 N–H and O–H groups in total.